The molecule has 0 fully saturated rings. The van der Waals surface area contributed by atoms with E-state index in [-0.39, 0.29) is 0 Å². The molecule has 0 heterocycles. The molecule has 0 unspecified atom stereocenters. The molecule has 0 spiro atoms. The van der Waals surface area contributed by atoms with Gasteiger partial charge in [0.2, 0.25) is 0 Å². The lowest BCUT2D eigenvalue weighted by atomic mass is 10.4. The number of rotatable bonds is 7. The van der Waals surface area contributed by atoms with Gasteiger partial charge >= 0.3 is 0 Å². The fourth-order valence-electron chi connectivity index (χ4n) is 0.709. The summed E-state index contributed by atoms with van der Waals surface area (Å²) in [6.07, 6.45) is 0.950. The molecule has 0 atom stereocenters. The highest BCUT2D eigenvalue weighted by molar-refractivity contribution is 7.80. The quantitative estimate of drug-likeness (QED) is 0.458. The van der Waals surface area contributed by atoms with Crippen molar-refractivity contribution in [3.63, 3.8) is 0 Å². The van der Waals surface area contributed by atoms with Crippen LogP contribution in [0.25, 0.3) is 0 Å². The molecule has 0 aliphatic rings. The molecule has 0 aromatic rings. The van der Waals surface area contributed by atoms with E-state index in [0.717, 1.165) is 19.6 Å². The first-order valence-electron chi connectivity index (χ1n) is 4.33. The van der Waals surface area contributed by atoms with E-state index >= 15 is 0 Å². The van der Waals surface area contributed by atoms with E-state index in [1.165, 1.54) is 0 Å². The van der Waals surface area contributed by atoms with Crippen LogP contribution in [-0.4, -0.2) is 45.6 Å². The average molecular weight is 206 g/mol. The maximum absolute atomic E-state index is 5.26. The fraction of sp³-hybridized carbons (Fsp3) is 0.875. The van der Waals surface area contributed by atoms with Crippen molar-refractivity contribution in [1.29, 1.82) is 0 Å². The van der Waals surface area contributed by atoms with Gasteiger partial charge in [-0.1, -0.05) is 0 Å². The van der Waals surface area contributed by atoms with Gasteiger partial charge in [0.25, 0.3) is 0 Å². The van der Waals surface area contributed by atoms with Crippen molar-refractivity contribution in [3.05, 3.63) is 0 Å². The second-order valence-electron chi connectivity index (χ2n) is 2.46. The highest BCUT2D eigenvalue weighted by Crippen LogP contribution is 1.81. The summed E-state index contributed by atoms with van der Waals surface area (Å²) in [5, 5.41) is 6.55. The molecule has 5 heteroatoms. The topological polar surface area (TPSA) is 42.5 Å². The molecule has 0 saturated carbocycles. The van der Waals surface area contributed by atoms with Gasteiger partial charge in [-0.3, -0.25) is 0 Å². The van der Waals surface area contributed by atoms with Crippen molar-refractivity contribution in [2.75, 3.05) is 40.5 Å². The summed E-state index contributed by atoms with van der Waals surface area (Å²) in [6, 6.07) is 0. The Balaban J connectivity index is 2.95. The summed E-state index contributed by atoms with van der Waals surface area (Å²) in [7, 11) is 3.46. The van der Waals surface area contributed by atoms with Crippen LogP contribution in [-0.2, 0) is 9.47 Å². The predicted octanol–water partition coefficient (Wildman–Crippen LogP) is 0.133. The third-order valence-corrected chi connectivity index (χ3v) is 1.76. The average Bonchev–Trinajstić information content (AvgIpc) is 2.16. The third-order valence-electron chi connectivity index (χ3n) is 1.41. The molecule has 0 aromatic carbocycles. The lowest BCUT2D eigenvalue weighted by Crippen LogP contribution is -2.33. The highest BCUT2D eigenvalue weighted by Gasteiger charge is 1.91. The molecule has 0 aromatic heterocycles. The molecule has 0 saturated heterocycles. The Kier molecular flexibility index (Phi) is 9.41. The zero-order valence-corrected chi connectivity index (χ0v) is 9.08. The van der Waals surface area contributed by atoms with Gasteiger partial charge in [-0.25, -0.2) is 0 Å². The van der Waals surface area contributed by atoms with E-state index in [9.17, 15) is 0 Å². The molecule has 2 N–H and O–H groups in total. The van der Waals surface area contributed by atoms with E-state index in [0.29, 0.717) is 18.3 Å². The lowest BCUT2D eigenvalue weighted by Gasteiger charge is -2.06. The van der Waals surface area contributed by atoms with E-state index in [2.05, 4.69) is 10.6 Å². The summed E-state index contributed by atoms with van der Waals surface area (Å²) >= 11 is 4.89. The first kappa shape index (κ1) is 12.6. The van der Waals surface area contributed by atoms with E-state index in [1.54, 1.807) is 14.2 Å². The first-order chi connectivity index (χ1) is 6.31. The Bertz CT molecular complexity index is 133. The minimum absolute atomic E-state index is 0.655. The predicted molar refractivity (Wildman–Crippen MR) is 57.0 cm³/mol. The molecular formula is C8H18N2O2S. The molecular weight excluding hydrogens is 188 g/mol. The van der Waals surface area contributed by atoms with Crippen molar-refractivity contribution in [1.82, 2.24) is 10.6 Å². The Labute approximate surface area is 85.0 Å². The van der Waals surface area contributed by atoms with Gasteiger partial charge in [-0.2, -0.15) is 0 Å². The SMILES string of the molecule is CNC(=S)NCCCOCCOC. The summed E-state index contributed by atoms with van der Waals surface area (Å²) in [6.45, 7) is 2.89. The fourth-order valence-corrected chi connectivity index (χ4v) is 0.811. The molecule has 4 nitrogen and oxygen atoms in total. The maximum atomic E-state index is 5.26. The minimum Gasteiger partial charge on any atom is -0.382 e. The molecule has 13 heavy (non-hydrogen) atoms. The van der Waals surface area contributed by atoms with Crippen LogP contribution in [0.2, 0.25) is 0 Å². The Morgan fingerprint density at radius 2 is 2.08 bits per heavy atom. The van der Waals surface area contributed by atoms with Crippen LogP contribution in [0, 0.1) is 0 Å². The summed E-state index contributed by atoms with van der Waals surface area (Å²) in [5.41, 5.74) is 0. The lowest BCUT2D eigenvalue weighted by molar-refractivity contribution is 0.0699. The number of nitrogens with one attached hydrogen (secondary N) is 2. The smallest absolute Gasteiger partial charge is 0.166 e. The van der Waals surface area contributed by atoms with Crippen LogP contribution in [0.4, 0.5) is 0 Å². The van der Waals surface area contributed by atoms with Crippen molar-refractivity contribution < 1.29 is 9.47 Å². The number of hydrogen-bond donors (Lipinski definition) is 2. The minimum atomic E-state index is 0.655. The van der Waals surface area contributed by atoms with Gasteiger partial charge in [-0.15, -0.1) is 0 Å². The Hall–Kier alpha value is -0.390. The Morgan fingerprint density at radius 3 is 2.69 bits per heavy atom. The number of methoxy groups -OCH3 is 1. The van der Waals surface area contributed by atoms with E-state index in [1.807, 2.05) is 0 Å². The van der Waals surface area contributed by atoms with Gasteiger partial charge in [0.1, 0.15) is 0 Å². The second kappa shape index (κ2) is 9.70. The Morgan fingerprint density at radius 1 is 1.31 bits per heavy atom. The van der Waals surface area contributed by atoms with Gasteiger partial charge in [-0.05, 0) is 18.6 Å². The van der Waals surface area contributed by atoms with Crippen LogP contribution >= 0.6 is 12.2 Å². The molecule has 0 aliphatic carbocycles. The van der Waals surface area contributed by atoms with Gasteiger partial charge < -0.3 is 20.1 Å². The van der Waals surface area contributed by atoms with Crippen LogP contribution < -0.4 is 10.6 Å². The number of ether oxygens (including phenoxy) is 2. The standard InChI is InChI=1S/C8H18N2O2S/c1-9-8(13)10-4-3-5-12-7-6-11-2/h3-7H2,1-2H3,(H2,9,10,13). The van der Waals surface area contributed by atoms with Crippen molar-refractivity contribution >= 4 is 17.3 Å². The van der Waals surface area contributed by atoms with Crippen LogP contribution in [0.3, 0.4) is 0 Å². The van der Waals surface area contributed by atoms with Crippen molar-refractivity contribution in [2.24, 2.45) is 0 Å². The maximum Gasteiger partial charge on any atom is 0.166 e. The van der Waals surface area contributed by atoms with Crippen LogP contribution in [0.15, 0.2) is 0 Å². The van der Waals surface area contributed by atoms with Gasteiger partial charge in [0.05, 0.1) is 13.2 Å². The molecule has 0 bridgehead atoms. The molecule has 0 radical (unpaired) electrons. The number of hydrogen-bond acceptors (Lipinski definition) is 3. The number of thiocarbonyl (C=S) groups is 1. The molecule has 78 valence electrons. The summed E-state index contributed by atoms with van der Waals surface area (Å²) in [4.78, 5) is 0. The highest BCUT2D eigenvalue weighted by atomic mass is 32.1. The monoisotopic (exact) mass is 206 g/mol. The van der Waals surface area contributed by atoms with E-state index in [4.69, 9.17) is 21.7 Å². The van der Waals surface area contributed by atoms with Crippen molar-refractivity contribution in [2.45, 2.75) is 6.42 Å². The molecule has 0 rings (SSSR count). The van der Waals surface area contributed by atoms with Gasteiger partial charge in [0, 0.05) is 27.3 Å². The summed E-state index contributed by atoms with van der Waals surface area (Å²) in [5.74, 6) is 0. The molecule has 0 aliphatic heterocycles. The van der Waals surface area contributed by atoms with E-state index < -0.39 is 0 Å². The second-order valence-corrected chi connectivity index (χ2v) is 2.87. The molecule has 0 amide bonds. The zero-order valence-electron chi connectivity index (χ0n) is 8.26. The first-order valence-corrected chi connectivity index (χ1v) is 4.74. The van der Waals surface area contributed by atoms with Crippen LogP contribution in [0.1, 0.15) is 6.42 Å². The zero-order chi connectivity index (χ0) is 9.94. The third kappa shape index (κ3) is 9.52. The van der Waals surface area contributed by atoms with Crippen molar-refractivity contribution in [3.8, 4) is 0 Å². The largest absolute Gasteiger partial charge is 0.382 e. The normalized spacial score (nSPS) is 9.69. The van der Waals surface area contributed by atoms with Crippen LogP contribution in [0.5, 0.6) is 0 Å². The summed E-state index contributed by atoms with van der Waals surface area (Å²) < 4.78 is 10.1. The van der Waals surface area contributed by atoms with Gasteiger partial charge in [0.15, 0.2) is 5.11 Å².